The molecule has 1 aliphatic rings. The van der Waals surface area contributed by atoms with Crippen molar-refractivity contribution in [3.8, 4) is 21.0 Å². The Labute approximate surface area is 172 Å². The van der Waals surface area contributed by atoms with Crippen molar-refractivity contribution in [3.05, 3.63) is 66.0 Å². The molecule has 2 heterocycles. The molecule has 1 aliphatic heterocycles. The van der Waals surface area contributed by atoms with Gasteiger partial charge in [-0.2, -0.15) is 0 Å². The molecule has 3 aromatic rings. The lowest BCUT2D eigenvalue weighted by molar-refractivity contribution is 0.602. The molecule has 0 radical (unpaired) electrons. The first-order chi connectivity index (χ1) is 13.4. The smallest absolute Gasteiger partial charge is 0.175 e. The number of thiazole rings is 1. The molecule has 5 nitrogen and oxygen atoms in total. The van der Waals surface area contributed by atoms with E-state index in [4.69, 9.17) is 16.6 Å². The molecule has 0 saturated heterocycles. The second-order valence-electron chi connectivity index (χ2n) is 6.23. The molecule has 28 heavy (non-hydrogen) atoms. The van der Waals surface area contributed by atoms with Gasteiger partial charge in [0.1, 0.15) is 5.01 Å². The zero-order valence-corrected chi connectivity index (χ0v) is 17.3. The van der Waals surface area contributed by atoms with Gasteiger partial charge in [0.15, 0.2) is 15.7 Å². The van der Waals surface area contributed by atoms with Gasteiger partial charge in [-0.1, -0.05) is 41.9 Å². The molecule has 4 rings (SSSR count). The maximum Gasteiger partial charge on any atom is 0.175 e. The molecule has 2 aromatic carbocycles. The summed E-state index contributed by atoms with van der Waals surface area (Å²) in [7, 11) is -3.24. The molecule has 0 N–H and O–H groups in total. The van der Waals surface area contributed by atoms with Gasteiger partial charge in [-0.15, -0.1) is 11.3 Å². The minimum atomic E-state index is -3.24. The van der Waals surface area contributed by atoms with Crippen LogP contribution >= 0.6 is 22.9 Å². The van der Waals surface area contributed by atoms with Crippen LogP contribution in [0.3, 0.4) is 0 Å². The van der Waals surface area contributed by atoms with Crippen LogP contribution in [-0.2, 0) is 9.84 Å². The van der Waals surface area contributed by atoms with E-state index >= 15 is 0 Å². The van der Waals surface area contributed by atoms with E-state index in [9.17, 15) is 8.42 Å². The molecule has 142 valence electrons. The van der Waals surface area contributed by atoms with Gasteiger partial charge >= 0.3 is 0 Å². The Morgan fingerprint density at radius 1 is 1.11 bits per heavy atom. The fraction of sp³-hybridized carbons (Fsp3) is 0.100. The maximum atomic E-state index is 11.8. The van der Waals surface area contributed by atoms with Crippen LogP contribution in [0.5, 0.6) is 0 Å². The highest BCUT2D eigenvalue weighted by atomic mass is 35.5. The zero-order valence-electron chi connectivity index (χ0n) is 14.9. The average molecular weight is 430 g/mol. The summed E-state index contributed by atoms with van der Waals surface area (Å²) in [5.74, 6) is 0.787. The van der Waals surface area contributed by atoms with Crippen molar-refractivity contribution in [1.82, 2.24) is 4.98 Å². The van der Waals surface area contributed by atoms with Crippen LogP contribution in [0.25, 0.3) is 21.0 Å². The Morgan fingerprint density at radius 3 is 2.50 bits per heavy atom. The van der Waals surface area contributed by atoms with Crippen molar-refractivity contribution in [2.45, 2.75) is 4.90 Å². The summed E-state index contributed by atoms with van der Waals surface area (Å²) in [6, 6.07) is 14.5. The number of aromatic nitrogens is 1. The molecule has 1 aromatic heterocycles. The fourth-order valence-electron chi connectivity index (χ4n) is 2.83. The van der Waals surface area contributed by atoms with Crippen LogP contribution < -0.4 is 4.90 Å². The Balaban J connectivity index is 1.84. The lowest BCUT2D eigenvalue weighted by atomic mass is 10.2. The second-order valence-corrected chi connectivity index (χ2v) is 9.65. The summed E-state index contributed by atoms with van der Waals surface area (Å²) < 4.78 is 23.5. The minimum Gasteiger partial charge on any atom is -0.325 e. The quantitative estimate of drug-likeness (QED) is 0.592. The largest absolute Gasteiger partial charge is 0.325 e. The second kappa shape index (κ2) is 7.50. The summed E-state index contributed by atoms with van der Waals surface area (Å²) in [4.78, 5) is 12.2. The van der Waals surface area contributed by atoms with Gasteiger partial charge in [0.25, 0.3) is 0 Å². The van der Waals surface area contributed by atoms with Gasteiger partial charge in [0.05, 0.1) is 21.3 Å². The van der Waals surface area contributed by atoms with Crippen molar-refractivity contribution in [2.24, 2.45) is 4.99 Å². The molecular weight excluding hydrogens is 414 g/mol. The summed E-state index contributed by atoms with van der Waals surface area (Å²) in [5.41, 5.74) is 1.76. The van der Waals surface area contributed by atoms with E-state index in [1.165, 1.54) is 17.6 Å². The third-order valence-electron chi connectivity index (χ3n) is 4.25. The van der Waals surface area contributed by atoms with Crippen molar-refractivity contribution in [2.75, 3.05) is 17.7 Å². The predicted octanol–water partition coefficient (Wildman–Crippen LogP) is 4.90. The number of nitrogens with zero attached hydrogens (tertiary/aromatic N) is 3. The number of hydrogen-bond acceptors (Lipinski definition) is 6. The fourth-order valence-corrected chi connectivity index (χ4v) is 4.86. The van der Waals surface area contributed by atoms with Gasteiger partial charge in [0, 0.05) is 30.4 Å². The van der Waals surface area contributed by atoms with Crippen LogP contribution in [0.4, 0.5) is 5.82 Å². The molecule has 0 spiro atoms. The molecule has 0 fully saturated rings. The number of benzene rings is 2. The highest BCUT2D eigenvalue weighted by Crippen LogP contribution is 2.42. The normalized spacial score (nSPS) is 13.9. The van der Waals surface area contributed by atoms with E-state index < -0.39 is 9.84 Å². The predicted molar refractivity (Wildman–Crippen MR) is 116 cm³/mol. The van der Waals surface area contributed by atoms with Gasteiger partial charge in [0.2, 0.25) is 0 Å². The summed E-state index contributed by atoms with van der Waals surface area (Å²) >= 11 is 7.90. The lowest BCUT2D eigenvalue weighted by Gasteiger charge is -2.19. The molecule has 8 heteroatoms. The molecule has 0 bridgehead atoms. The van der Waals surface area contributed by atoms with Crippen LogP contribution in [0, 0.1) is 0 Å². The Bertz CT molecular complexity index is 1180. The highest BCUT2D eigenvalue weighted by molar-refractivity contribution is 7.90. The Hall–Kier alpha value is -2.48. The first kappa shape index (κ1) is 18.9. The van der Waals surface area contributed by atoms with E-state index in [0.29, 0.717) is 16.5 Å². The average Bonchev–Trinajstić information content (AvgIpc) is 3.14. The Morgan fingerprint density at radius 2 is 1.86 bits per heavy atom. The summed E-state index contributed by atoms with van der Waals surface area (Å²) in [5, 5.41) is 1.44. The van der Waals surface area contributed by atoms with E-state index in [1.54, 1.807) is 18.3 Å². The van der Waals surface area contributed by atoms with Crippen molar-refractivity contribution in [1.29, 1.82) is 0 Å². The molecule has 0 atom stereocenters. The van der Waals surface area contributed by atoms with Gasteiger partial charge in [-0.3, -0.25) is 4.99 Å². The number of sulfone groups is 1. The summed E-state index contributed by atoms with van der Waals surface area (Å²) in [6.07, 6.45) is 6.60. The van der Waals surface area contributed by atoms with E-state index in [2.05, 4.69) is 4.99 Å². The monoisotopic (exact) mass is 429 g/mol. The number of hydrogen-bond donors (Lipinski definition) is 0. The molecular formula is C20H16ClN3O2S2. The van der Waals surface area contributed by atoms with Crippen LogP contribution in [0.1, 0.15) is 0 Å². The van der Waals surface area contributed by atoms with E-state index in [-0.39, 0.29) is 0 Å². The number of rotatable bonds is 4. The Kier molecular flexibility index (Phi) is 5.05. The van der Waals surface area contributed by atoms with E-state index in [1.807, 2.05) is 53.7 Å². The lowest BCUT2D eigenvalue weighted by Crippen LogP contribution is -2.21. The first-order valence-electron chi connectivity index (χ1n) is 8.44. The third-order valence-corrected chi connectivity index (χ3v) is 6.83. The van der Waals surface area contributed by atoms with Crippen molar-refractivity contribution in [3.63, 3.8) is 0 Å². The number of halogens is 1. The van der Waals surface area contributed by atoms with Gasteiger partial charge in [-0.05, 0) is 23.8 Å². The van der Waals surface area contributed by atoms with Gasteiger partial charge < -0.3 is 4.90 Å². The molecule has 0 aliphatic carbocycles. The molecule has 0 unspecified atom stereocenters. The standard InChI is InChI=1S/C20H16ClN3O2S2/c1-28(25,26)15-8-6-14(7-9-15)18-19(24-12-10-22-11-13-24)23-20(27-18)16-4-2-3-5-17(16)21/h2-12H,13H2,1H3. The topological polar surface area (TPSA) is 62.6 Å². The maximum absolute atomic E-state index is 11.8. The number of anilines is 1. The minimum absolute atomic E-state index is 0.290. The third kappa shape index (κ3) is 3.73. The van der Waals surface area contributed by atoms with Crippen molar-refractivity contribution < 1.29 is 8.42 Å². The zero-order chi connectivity index (χ0) is 19.7. The SMILES string of the molecule is CS(=O)(=O)c1ccc(-c2sc(-c3ccccc3Cl)nc2N2C=CN=CC2)cc1. The van der Waals surface area contributed by atoms with E-state index in [0.717, 1.165) is 26.8 Å². The van der Waals surface area contributed by atoms with Crippen LogP contribution in [-0.4, -0.2) is 32.4 Å². The van der Waals surface area contributed by atoms with Crippen LogP contribution in [0.2, 0.25) is 5.02 Å². The molecule has 0 amide bonds. The first-order valence-corrected chi connectivity index (χ1v) is 11.5. The number of aliphatic imine (C=N–C) groups is 1. The van der Waals surface area contributed by atoms with Gasteiger partial charge in [-0.25, -0.2) is 13.4 Å². The highest BCUT2D eigenvalue weighted by Gasteiger charge is 2.20. The van der Waals surface area contributed by atoms with Crippen molar-refractivity contribution >= 4 is 44.8 Å². The van der Waals surface area contributed by atoms with Crippen LogP contribution in [0.15, 0.2) is 70.8 Å². The molecule has 0 saturated carbocycles. The summed E-state index contributed by atoms with van der Waals surface area (Å²) in [6.45, 7) is 0.608.